The molecule has 0 fully saturated rings. The van der Waals surface area contributed by atoms with E-state index in [0.29, 0.717) is 12.3 Å². The molecule has 1 aliphatic rings. The van der Waals surface area contributed by atoms with Crippen LogP contribution in [0.3, 0.4) is 0 Å². The predicted octanol–water partition coefficient (Wildman–Crippen LogP) is 1.68. The van der Waals surface area contributed by atoms with Crippen molar-refractivity contribution in [1.29, 1.82) is 0 Å². The van der Waals surface area contributed by atoms with Crippen LogP contribution in [-0.2, 0) is 16.3 Å². The summed E-state index contributed by atoms with van der Waals surface area (Å²) >= 11 is 0. The van der Waals surface area contributed by atoms with Gasteiger partial charge in [-0.05, 0) is 36.3 Å². The van der Waals surface area contributed by atoms with Crippen molar-refractivity contribution >= 4 is 9.84 Å². The van der Waals surface area contributed by atoms with Crippen LogP contribution in [0.2, 0.25) is 0 Å². The van der Waals surface area contributed by atoms with Gasteiger partial charge in [0.15, 0.2) is 0 Å². The number of fused-ring (bicyclic) bond motifs is 1. The lowest BCUT2D eigenvalue weighted by molar-refractivity contribution is 0.368. The lowest BCUT2D eigenvalue weighted by atomic mass is 9.79. The summed E-state index contributed by atoms with van der Waals surface area (Å²) in [6.45, 7) is 0. The average molecular weight is 253 g/mol. The van der Waals surface area contributed by atoms with Gasteiger partial charge in [-0.2, -0.15) is 0 Å². The number of hydrogen-bond donors (Lipinski definition) is 1. The highest BCUT2D eigenvalue weighted by Gasteiger charge is 2.26. The molecule has 17 heavy (non-hydrogen) atoms. The molecule has 0 aliphatic heterocycles. The highest BCUT2D eigenvalue weighted by Crippen LogP contribution is 2.34. The number of benzene rings is 1. The van der Waals surface area contributed by atoms with Crippen LogP contribution < -0.4 is 5.73 Å². The molecule has 1 aliphatic carbocycles. The molecule has 0 saturated heterocycles. The van der Waals surface area contributed by atoms with E-state index < -0.39 is 9.84 Å². The largest absolute Gasteiger partial charge is 0.324 e. The smallest absolute Gasteiger partial charge is 0.147 e. The Balaban J connectivity index is 2.10. The van der Waals surface area contributed by atoms with E-state index in [1.807, 2.05) is 12.1 Å². The summed E-state index contributed by atoms with van der Waals surface area (Å²) in [5, 5.41) is 0. The Labute approximate surface area is 103 Å². The summed E-state index contributed by atoms with van der Waals surface area (Å²) in [7, 11) is -2.88. The standard InChI is InChI=1S/C13H19NO2S/c1-17(15,16)9-8-11-7-6-10-4-2-3-5-12(10)13(11)14/h2-5,11,13H,6-9,14H2,1H3. The Kier molecular flexibility index (Phi) is 3.54. The Morgan fingerprint density at radius 2 is 2.06 bits per heavy atom. The van der Waals surface area contributed by atoms with E-state index in [1.165, 1.54) is 17.4 Å². The molecular weight excluding hydrogens is 234 g/mol. The van der Waals surface area contributed by atoms with Gasteiger partial charge in [-0.25, -0.2) is 8.42 Å². The number of hydrogen-bond acceptors (Lipinski definition) is 3. The van der Waals surface area contributed by atoms with Crippen molar-refractivity contribution in [2.45, 2.75) is 25.3 Å². The zero-order valence-corrected chi connectivity index (χ0v) is 10.9. The molecule has 0 heterocycles. The SMILES string of the molecule is CS(=O)(=O)CCC1CCc2ccccc2C1N. The molecule has 1 aromatic rings. The molecule has 94 valence electrons. The molecule has 2 unspecified atom stereocenters. The first-order chi connectivity index (χ1) is 7.97. The van der Waals surface area contributed by atoms with Crippen molar-refractivity contribution in [3.63, 3.8) is 0 Å². The lowest BCUT2D eigenvalue weighted by Gasteiger charge is -2.30. The molecule has 1 aromatic carbocycles. The molecule has 4 heteroatoms. The van der Waals surface area contributed by atoms with Crippen LogP contribution in [0, 0.1) is 5.92 Å². The molecule has 2 atom stereocenters. The van der Waals surface area contributed by atoms with Crippen LogP contribution in [0.4, 0.5) is 0 Å². The third kappa shape index (κ3) is 3.07. The molecule has 2 N–H and O–H groups in total. The maximum Gasteiger partial charge on any atom is 0.147 e. The van der Waals surface area contributed by atoms with Crippen LogP contribution in [-0.4, -0.2) is 20.4 Å². The second-order valence-corrected chi connectivity index (χ2v) is 7.20. The Hall–Kier alpha value is -0.870. The van der Waals surface area contributed by atoms with Crippen molar-refractivity contribution in [3.05, 3.63) is 35.4 Å². The highest BCUT2D eigenvalue weighted by molar-refractivity contribution is 7.90. The van der Waals surface area contributed by atoms with E-state index in [1.54, 1.807) is 0 Å². The van der Waals surface area contributed by atoms with Gasteiger partial charge in [0.1, 0.15) is 9.84 Å². The topological polar surface area (TPSA) is 60.2 Å². The quantitative estimate of drug-likeness (QED) is 0.891. The minimum absolute atomic E-state index is 0.0123. The minimum atomic E-state index is -2.88. The second kappa shape index (κ2) is 4.78. The van der Waals surface area contributed by atoms with E-state index in [9.17, 15) is 8.42 Å². The van der Waals surface area contributed by atoms with E-state index in [2.05, 4.69) is 12.1 Å². The molecule has 2 rings (SSSR count). The van der Waals surface area contributed by atoms with E-state index >= 15 is 0 Å². The average Bonchev–Trinajstić information content (AvgIpc) is 2.27. The van der Waals surface area contributed by atoms with Crippen molar-refractivity contribution in [3.8, 4) is 0 Å². The van der Waals surface area contributed by atoms with Gasteiger partial charge in [0.2, 0.25) is 0 Å². The molecule has 0 aromatic heterocycles. The van der Waals surface area contributed by atoms with E-state index in [-0.39, 0.29) is 11.8 Å². The van der Waals surface area contributed by atoms with Crippen molar-refractivity contribution < 1.29 is 8.42 Å². The zero-order valence-electron chi connectivity index (χ0n) is 10.1. The maximum absolute atomic E-state index is 11.2. The van der Waals surface area contributed by atoms with Gasteiger partial charge < -0.3 is 5.73 Å². The van der Waals surface area contributed by atoms with Crippen molar-refractivity contribution in [1.82, 2.24) is 0 Å². The predicted molar refractivity (Wildman–Crippen MR) is 69.5 cm³/mol. The first-order valence-corrected chi connectivity index (χ1v) is 8.04. The van der Waals surface area contributed by atoms with Gasteiger partial charge >= 0.3 is 0 Å². The second-order valence-electron chi connectivity index (χ2n) is 4.94. The van der Waals surface area contributed by atoms with Gasteiger partial charge in [0, 0.05) is 12.3 Å². The molecule has 0 amide bonds. The molecule has 0 radical (unpaired) electrons. The summed E-state index contributed by atoms with van der Waals surface area (Å²) in [6, 6.07) is 8.19. The van der Waals surface area contributed by atoms with E-state index in [4.69, 9.17) is 5.73 Å². The molecule has 0 bridgehead atoms. The Morgan fingerprint density at radius 3 is 2.76 bits per heavy atom. The number of nitrogens with two attached hydrogens (primary N) is 1. The Morgan fingerprint density at radius 1 is 1.35 bits per heavy atom. The Bertz CT molecular complexity index is 496. The first kappa shape index (κ1) is 12.6. The number of aryl methyl sites for hydroxylation is 1. The van der Waals surface area contributed by atoms with Gasteiger partial charge in [-0.15, -0.1) is 0 Å². The molecule has 0 spiro atoms. The summed E-state index contributed by atoms with van der Waals surface area (Å²) in [4.78, 5) is 0. The molecule has 0 saturated carbocycles. The maximum atomic E-state index is 11.2. The third-order valence-electron chi connectivity index (χ3n) is 3.57. The van der Waals surface area contributed by atoms with Crippen molar-refractivity contribution in [2.75, 3.05) is 12.0 Å². The summed E-state index contributed by atoms with van der Waals surface area (Å²) in [5.41, 5.74) is 8.73. The van der Waals surface area contributed by atoms with Crippen LogP contribution >= 0.6 is 0 Å². The van der Waals surface area contributed by atoms with Gasteiger partial charge in [0.05, 0.1) is 5.75 Å². The fourth-order valence-corrected chi connectivity index (χ4v) is 3.28. The fraction of sp³-hybridized carbons (Fsp3) is 0.538. The summed E-state index contributed by atoms with van der Waals surface area (Å²) in [5.74, 6) is 0.535. The normalized spacial score (nSPS) is 24.4. The highest BCUT2D eigenvalue weighted by atomic mass is 32.2. The van der Waals surface area contributed by atoms with Crippen LogP contribution in [0.5, 0.6) is 0 Å². The van der Waals surface area contributed by atoms with Crippen LogP contribution in [0.25, 0.3) is 0 Å². The lowest BCUT2D eigenvalue weighted by Crippen LogP contribution is -2.28. The summed E-state index contributed by atoms with van der Waals surface area (Å²) in [6.07, 6.45) is 3.97. The van der Waals surface area contributed by atoms with Crippen LogP contribution in [0.15, 0.2) is 24.3 Å². The van der Waals surface area contributed by atoms with Gasteiger partial charge in [0.25, 0.3) is 0 Å². The van der Waals surface area contributed by atoms with Gasteiger partial charge in [-0.3, -0.25) is 0 Å². The van der Waals surface area contributed by atoms with Gasteiger partial charge in [-0.1, -0.05) is 24.3 Å². The zero-order chi connectivity index (χ0) is 12.5. The summed E-state index contributed by atoms with van der Waals surface area (Å²) < 4.78 is 22.4. The van der Waals surface area contributed by atoms with E-state index in [0.717, 1.165) is 12.8 Å². The number of rotatable bonds is 3. The van der Waals surface area contributed by atoms with Crippen molar-refractivity contribution in [2.24, 2.45) is 11.7 Å². The fourth-order valence-electron chi connectivity index (χ4n) is 2.55. The molecule has 3 nitrogen and oxygen atoms in total. The number of sulfone groups is 1. The third-order valence-corrected chi connectivity index (χ3v) is 4.54. The first-order valence-electron chi connectivity index (χ1n) is 5.98. The monoisotopic (exact) mass is 253 g/mol. The minimum Gasteiger partial charge on any atom is -0.324 e. The molecular formula is C13H19NO2S. The van der Waals surface area contributed by atoms with Crippen LogP contribution in [0.1, 0.15) is 30.0 Å².